The third-order valence-electron chi connectivity index (χ3n) is 4.00. The lowest BCUT2D eigenvalue weighted by Gasteiger charge is -2.27. The van der Waals surface area contributed by atoms with Crippen LogP contribution in [-0.4, -0.2) is 23.5 Å². The summed E-state index contributed by atoms with van der Waals surface area (Å²) in [5.41, 5.74) is -0.0399. The van der Waals surface area contributed by atoms with Crippen LogP contribution in [0.4, 0.5) is 0 Å². The minimum absolute atomic E-state index is 0.0399. The lowest BCUT2D eigenvalue weighted by Crippen LogP contribution is -2.39. The highest BCUT2D eigenvalue weighted by molar-refractivity contribution is 5.31. The van der Waals surface area contributed by atoms with E-state index in [1.165, 1.54) is 19.3 Å². The number of hydrogen-bond donors (Lipinski definition) is 0. The van der Waals surface area contributed by atoms with Crippen LogP contribution in [0, 0.1) is 23.2 Å². The van der Waals surface area contributed by atoms with E-state index in [1.807, 2.05) is 0 Å². The van der Waals surface area contributed by atoms with Crippen molar-refractivity contribution < 1.29 is 0 Å². The average molecular weight is 178 g/mol. The Kier molecular flexibility index (Phi) is 2.08. The van der Waals surface area contributed by atoms with Crippen LogP contribution in [-0.2, 0) is 0 Å². The van der Waals surface area contributed by atoms with Crippen LogP contribution in [0.25, 0.3) is 0 Å². The molecule has 0 bridgehead atoms. The second-order valence-corrected chi connectivity index (χ2v) is 4.25. The van der Waals surface area contributed by atoms with Crippen molar-refractivity contribution in [1.82, 2.24) is 4.90 Å². The van der Waals surface area contributed by atoms with Crippen LogP contribution >= 0.6 is 0 Å². The Morgan fingerprint density at radius 1 is 1.31 bits per heavy atom. The molecule has 0 saturated heterocycles. The average Bonchev–Trinajstić information content (AvgIpc) is 2.58. The van der Waals surface area contributed by atoms with Crippen LogP contribution in [0.3, 0.4) is 0 Å². The van der Waals surface area contributed by atoms with Gasteiger partial charge in [-0.25, -0.2) is 0 Å². The molecule has 2 aliphatic rings. The van der Waals surface area contributed by atoms with Gasteiger partial charge in [-0.05, 0) is 37.8 Å². The maximum Gasteiger partial charge on any atom is 0.115 e. The van der Waals surface area contributed by atoms with Crippen LogP contribution in [0.5, 0.6) is 0 Å². The summed E-state index contributed by atoms with van der Waals surface area (Å²) in [6.45, 7) is 6.38. The molecule has 2 nitrogen and oxygen atoms in total. The fraction of sp³-hybridized carbons (Fsp3) is 0.909. The molecule has 72 valence electrons. The highest BCUT2D eigenvalue weighted by atomic mass is 15.2. The lowest BCUT2D eigenvalue weighted by molar-refractivity contribution is 0.204. The summed E-state index contributed by atoms with van der Waals surface area (Å²) in [6.07, 6.45) is 3.92. The molecule has 2 heteroatoms. The first-order chi connectivity index (χ1) is 6.31. The zero-order chi connectivity index (χ0) is 9.47. The fourth-order valence-electron chi connectivity index (χ4n) is 3.37. The van der Waals surface area contributed by atoms with Gasteiger partial charge in [-0.3, -0.25) is 4.90 Å². The van der Waals surface area contributed by atoms with Gasteiger partial charge in [-0.2, -0.15) is 5.26 Å². The van der Waals surface area contributed by atoms with E-state index < -0.39 is 0 Å². The summed E-state index contributed by atoms with van der Waals surface area (Å²) >= 11 is 0. The van der Waals surface area contributed by atoms with E-state index in [2.05, 4.69) is 24.8 Å². The van der Waals surface area contributed by atoms with Crippen LogP contribution in [0.15, 0.2) is 0 Å². The number of fused-ring (bicyclic) bond motifs is 1. The van der Waals surface area contributed by atoms with E-state index in [9.17, 15) is 5.26 Å². The maximum absolute atomic E-state index is 9.30. The Bertz CT molecular complexity index is 227. The summed E-state index contributed by atoms with van der Waals surface area (Å²) in [5, 5.41) is 9.30. The van der Waals surface area contributed by atoms with Crippen molar-refractivity contribution in [3.8, 4) is 6.07 Å². The van der Waals surface area contributed by atoms with E-state index in [1.54, 1.807) is 0 Å². The highest BCUT2D eigenvalue weighted by Gasteiger charge is 2.69. The molecule has 3 atom stereocenters. The molecule has 0 heterocycles. The van der Waals surface area contributed by atoms with Crippen molar-refractivity contribution in [2.45, 2.75) is 38.6 Å². The number of hydrogen-bond acceptors (Lipinski definition) is 2. The van der Waals surface area contributed by atoms with E-state index in [0.717, 1.165) is 13.1 Å². The van der Waals surface area contributed by atoms with Gasteiger partial charge in [0.15, 0.2) is 0 Å². The molecule has 1 unspecified atom stereocenters. The van der Waals surface area contributed by atoms with Crippen LogP contribution in [0.2, 0.25) is 0 Å². The molecule has 2 rings (SSSR count). The van der Waals surface area contributed by atoms with Gasteiger partial charge in [-0.1, -0.05) is 20.3 Å². The number of rotatable bonds is 3. The topological polar surface area (TPSA) is 27.0 Å². The molecule has 0 aromatic carbocycles. The van der Waals surface area contributed by atoms with Gasteiger partial charge < -0.3 is 0 Å². The van der Waals surface area contributed by atoms with E-state index in [-0.39, 0.29) is 5.54 Å². The Hall–Kier alpha value is -0.550. The van der Waals surface area contributed by atoms with Gasteiger partial charge in [0, 0.05) is 0 Å². The van der Waals surface area contributed by atoms with Crippen molar-refractivity contribution in [1.29, 1.82) is 5.26 Å². The van der Waals surface area contributed by atoms with Crippen LogP contribution in [0.1, 0.15) is 33.1 Å². The number of nitrogens with zero attached hydrogens (tertiary/aromatic N) is 2. The second-order valence-electron chi connectivity index (χ2n) is 4.25. The molecule has 0 radical (unpaired) electrons. The van der Waals surface area contributed by atoms with Gasteiger partial charge in [0.25, 0.3) is 0 Å². The van der Waals surface area contributed by atoms with Crippen molar-refractivity contribution >= 4 is 0 Å². The molecule has 0 amide bonds. The molecule has 2 fully saturated rings. The van der Waals surface area contributed by atoms with Crippen molar-refractivity contribution in [2.24, 2.45) is 11.8 Å². The summed E-state index contributed by atoms with van der Waals surface area (Å²) in [4.78, 5) is 2.36. The van der Waals surface area contributed by atoms with Gasteiger partial charge in [-0.15, -0.1) is 0 Å². The molecule has 0 aliphatic heterocycles. The van der Waals surface area contributed by atoms with E-state index in [4.69, 9.17) is 0 Å². The molecule has 2 aliphatic carbocycles. The lowest BCUT2D eigenvalue weighted by atomic mass is 10.0. The monoisotopic (exact) mass is 178 g/mol. The predicted octanol–water partition coefficient (Wildman–Crippen LogP) is 2.02. The quantitative estimate of drug-likeness (QED) is 0.661. The predicted molar refractivity (Wildman–Crippen MR) is 52.1 cm³/mol. The highest BCUT2D eigenvalue weighted by Crippen LogP contribution is 2.63. The largest absolute Gasteiger partial charge is 0.286 e. The minimum atomic E-state index is -0.0399. The minimum Gasteiger partial charge on any atom is -0.286 e. The Morgan fingerprint density at radius 2 is 1.85 bits per heavy atom. The number of nitriles is 1. The normalized spacial score (nSPS) is 41.7. The van der Waals surface area contributed by atoms with Crippen molar-refractivity contribution in [3.63, 3.8) is 0 Å². The van der Waals surface area contributed by atoms with Crippen molar-refractivity contribution in [2.75, 3.05) is 13.1 Å². The first kappa shape index (κ1) is 9.02. The molecule has 13 heavy (non-hydrogen) atoms. The first-order valence-electron chi connectivity index (χ1n) is 5.47. The Labute approximate surface area is 80.5 Å². The van der Waals surface area contributed by atoms with Gasteiger partial charge in [0.1, 0.15) is 5.54 Å². The molecular weight excluding hydrogens is 160 g/mol. The molecule has 0 spiro atoms. The molecule has 2 saturated carbocycles. The zero-order valence-electron chi connectivity index (χ0n) is 8.58. The summed E-state index contributed by atoms with van der Waals surface area (Å²) in [7, 11) is 0. The van der Waals surface area contributed by atoms with Gasteiger partial charge in [0.2, 0.25) is 0 Å². The van der Waals surface area contributed by atoms with Crippen LogP contribution < -0.4 is 0 Å². The van der Waals surface area contributed by atoms with Crippen molar-refractivity contribution in [3.05, 3.63) is 0 Å². The fourth-order valence-corrected chi connectivity index (χ4v) is 3.37. The molecular formula is C11H18N2. The third kappa shape index (κ3) is 0.971. The summed E-state index contributed by atoms with van der Waals surface area (Å²) < 4.78 is 0. The first-order valence-corrected chi connectivity index (χ1v) is 5.47. The second kappa shape index (κ2) is 2.99. The zero-order valence-corrected chi connectivity index (χ0v) is 8.58. The summed E-state index contributed by atoms with van der Waals surface area (Å²) in [5.74, 6) is 1.41. The Balaban J connectivity index is 2.15. The van der Waals surface area contributed by atoms with E-state index >= 15 is 0 Å². The third-order valence-corrected chi connectivity index (χ3v) is 4.00. The Morgan fingerprint density at radius 3 is 2.23 bits per heavy atom. The SMILES string of the molecule is CCN(CC)C1(C#N)[C@@H]2CCC[C@@H]21. The maximum atomic E-state index is 9.30. The standard InChI is InChI=1S/C11H18N2/c1-3-13(4-2)11(8-12)9-6-5-7-10(9)11/h9-10H,3-7H2,1-2H3/t9-,10+,11?. The molecule has 0 aromatic rings. The van der Waals surface area contributed by atoms with E-state index in [0.29, 0.717) is 11.8 Å². The molecule has 0 N–H and O–H groups in total. The van der Waals surface area contributed by atoms with Gasteiger partial charge in [0.05, 0.1) is 6.07 Å². The molecule has 0 aromatic heterocycles. The van der Waals surface area contributed by atoms with Gasteiger partial charge >= 0.3 is 0 Å². The summed E-state index contributed by atoms with van der Waals surface area (Å²) in [6, 6.07) is 2.58. The smallest absolute Gasteiger partial charge is 0.115 e.